The van der Waals surface area contributed by atoms with Gasteiger partial charge in [-0.05, 0) is 55.0 Å². The zero-order valence-corrected chi connectivity index (χ0v) is 20.0. The van der Waals surface area contributed by atoms with Gasteiger partial charge in [-0.15, -0.1) is 22.7 Å². The smallest absolute Gasteiger partial charge is 0.267 e. The molecule has 32 heavy (non-hydrogen) atoms. The minimum Gasteiger partial charge on any atom is -0.268 e. The molecule has 4 nitrogen and oxygen atoms in total. The van der Waals surface area contributed by atoms with Crippen LogP contribution >= 0.6 is 34.4 Å². The van der Waals surface area contributed by atoms with E-state index in [-0.39, 0.29) is 5.56 Å². The number of thiazole rings is 1. The van der Waals surface area contributed by atoms with Crippen LogP contribution in [0.4, 0.5) is 0 Å². The number of nitrogens with zero attached hydrogens (tertiary/aromatic N) is 3. The quantitative estimate of drug-likeness (QED) is 0.221. The van der Waals surface area contributed by atoms with Crippen molar-refractivity contribution in [2.45, 2.75) is 37.1 Å². The molecule has 0 saturated heterocycles. The van der Waals surface area contributed by atoms with E-state index in [4.69, 9.17) is 9.97 Å². The van der Waals surface area contributed by atoms with Gasteiger partial charge in [0.15, 0.2) is 5.16 Å². The first kappa shape index (κ1) is 20.1. The standard InChI is InChI=1S/C25H21N3OS3/c1-15-11-12-17-20(13-15)32-23-22(17)24(29)28(16-7-3-2-4-8-16)25(27-23)30-14-21-26-18-9-5-6-10-19(18)31-21/h2-10,15H,11-14H2,1H3/t15-/m0/s1. The van der Waals surface area contributed by atoms with Gasteiger partial charge in [0.25, 0.3) is 5.56 Å². The number of benzene rings is 2. The minimum absolute atomic E-state index is 0.0556. The first-order valence-corrected chi connectivity index (χ1v) is 13.4. The highest BCUT2D eigenvalue weighted by atomic mass is 32.2. The van der Waals surface area contributed by atoms with Gasteiger partial charge in [-0.25, -0.2) is 9.97 Å². The van der Waals surface area contributed by atoms with Crippen LogP contribution in [0.1, 0.15) is 28.8 Å². The topological polar surface area (TPSA) is 47.8 Å². The molecule has 1 aliphatic rings. The number of para-hydroxylation sites is 2. The van der Waals surface area contributed by atoms with Crippen molar-refractivity contribution in [2.75, 3.05) is 0 Å². The Labute approximate surface area is 198 Å². The maximum atomic E-state index is 13.8. The molecule has 0 aliphatic heterocycles. The van der Waals surface area contributed by atoms with E-state index in [2.05, 4.69) is 13.0 Å². The Hall–Kier alpha value is -2.48. The Bertz CT molecular complexity index is 1470. The Morgan fingerprint density at radius 3 is 2.72 bits per heavy atom. The summed E-state index contributed by atoms with van der Waals surface area (Å²) in [5.74, 6) is 1.35. The molecule has 1 atom stereocenters. The average Bonchev–Trinajstić information content (AvgIpc) is 3.38. The lowest BCUT2D eigenvalue weighted by atomic mass is 9.89. The molecule has 0 saturated carbocycles. The molecular weight excluding hydrogens is 454 g/mol. The van der Waals surface area contributed by atoms with Crippen molar-refractivity contribution in [3.8, 4) is 5.69 Å². The van der Waals surface area contributed by atoms with E-state index >= 15 is 0 Å². The van der Waals surface area contributed by atoms with E-state index in [0.29, 0.717) is 11.7 Å². The second-order valence-electron chi connectivity index (χ2n) is 8.27. The van der Waals surface area contributed by atoms with Gasteiger partial charge < -0.3 is 0 Å². The SMILES string of the molecule is C[C@H]1CCc2c(sc3nc(SCc4nc5ccccc5s4)n(-c4ccccc4)c(=O)c23)C1. The third-order valence-corrected chi connectivity index (χ3v) is 9.29. The van der Waals surface area contributed by atoms with Crippen LogP contribution in [0.2, 0.25) is 0 Å². The molecule has 3 aromatic heterocycles. The molecule has 0 spiro atoms. The van der Waals surface area contributed by atoms with Crippen molar-refractivity contribution >= 4 is 54.9 Å². The summed E-state index contributed by atoms with van der Waals surface area (Å²) in [5, 5.41) is 2.61. The molecule has 160 valence electrons. The molecule has 7 heteroatoms. The Morgan fingerprint density at radius 1 is 1.06 bits per heavy atom. The van der Waals surface area contributed by atoms with Crippen LogP contribution in [0.3, 0.4) is 0 Å². The van der Waals surface area contributed by atoms with Gasteiger partial charge >= 0.3 is 0 Å². The van der Waals surface area contributed by atoms with Gasteiger partial charge in [0.2, 0.25) is 0 Å². The Morgan fingerprint density at radius 2 is 1.88 bits per heavy atom. The van der Waals surface area contributed by atoms with Gasteiger partial charge in [-0.1, -0.05) is 49.0 Å². The fraction of sp³-hybridized carbons (Fsp3) is 0.240. The first-order valence-electron chi connectivity index (χ1n) is 10.8. The summed E-state index contributed by atoms with van der Waals surface area (Å²) in [5.41, 5.74) is 3.17. The van der Waals surface area contributed by atoms with Gasteiger partial charge in [0.05, 0.1) is 27.0 Å². The summed E-state index contributed by atoms with van der Waals surface area (Å²) < 4.78 is 2.98. The largest absolute Gasteiger partial charge is 0.268 e. The summed E-state index contributed by atoms with van der Waals surface area (Å²) in [6.45, 7) is 2.29. The lowest BCUT2D eigenvalue weighted by Gasteiger charge is -2.17. The normalized spacial score (nSPS) is 16.0. The Balaban J connectivity index is 1.47. The van der Waals surface area contributed by atoms with Crippen LogP contribution < -0.4 is 5.56 Å². The van der Waals surface area contributed by atoms with E-state index in [1.54, 1.807) is 39.0 Å². The Kier molecular flexibility index (Phi) is 5.12. The third kappa shape index (κ3) is 3.49. The molecule has 0 bridgehead atoms. The van der Waals surface area contributed by atoms with Gasteiger partial charge in [0.1, 0.15) is 9.84 Å². The molecule has 5 aromatic rings. The van der Waals surface area contributed by atoms with Crippen molar-refractivity contribution in [1.82, 2.24) is 14.5 Å². The molecule has 6 rings (SSSR count). The molecule has 0 N–H and O–H groups in total. The lowest BCUT2D eigenvalue weighted by Crippen LogP contribution is -2.22. The van der Waals surface area contributed by atoms with Crippen molar-refractivity contribution in [3.63, 3.8) is 0 Å². The van der Waals surface area contributed by atoms with Gasteiger partial charge in [-0.2, -0.15) is 0 Å². The molecule has 2 aromatic carbocycles. The van der Waals surface area contributed by atoms with Crippen molar-refractivity contribution in [2.24, 2.45) is 5.92 Å². The van der Waals surface area contributed by atoms with E-state index in [9.17, 15) is 4.79 Å². The predicted molar refractivity (Wildman–Crippen MR) is 136 cm³/mol. The number of hydrogen-bond acceptors (Lipinski definition) is 6. The summed E-state index contributed by atoms with van der Waals surface area (Å²) in [4.78, 5) is 25.8. The van der Waals surface area contributed by atoms with Crippen LogP contribution in [0, 0.1) is 5.92 Å². The van der Waals surface area contributed by atoms with Crippen LogP contribution in [0.5, 0.6) is 0 Å². The first-order chi connectivity index (χ1) is 15.7. The minimum atomic E-state index is 0.0556. The van der Waals surface area contributed by atoms with E-state index in [0.717, 1.165) is 50.8 Å². The maximum Gasteiger partial charge on any atom is 0.267 e. The summed E-state index contributed by atoms with van der Waals surface area (Å²) >= 11 is 5.01. The molecular formula is C25H21N3OS3. The van der Waals surface area contributed by atoms with Crippen molar-refractivity contribution < 1.29 is 0 Å². The number of thioether (sulfide) groups is 1. The lowest BCUT2D eigenvalue weighted by molar-refractivity contribution is 0.509. The average molecular weight is 476 g/mol. The number of aromatic nitrogens is 3. The van der Waals surface area contributed by atoms with E-state index < -0.39 is 0 Å². The number of aryl methyl sites for hydroxylation is 1. The number of hydrogen-bond donors (Lipinski definition) is 0. The van der Waals surface area contributed by atoms with Gasteiger partial charge in [-0.3, -0.25) is 9.36 Å². The van der Waals surface area contributed by atoms with E-state index in [1.165, 1.54) is 15.1 Å². The fourth-order valence-electron chi connectivity index (χ4n) is 4.38. The van der Waals surface area contributed by atoms with Crippen LogP contribution in [-0.2, 0) is 18.6 Å². The van der Waals surface area contributed by atoms with Crippen LogP contribution in [0.25, 0.3) is 26.1 Å². The second kappa shape index (κ2) is 8.14. The molecule has 3 heterocycles. The fourth-order valence-corrected chi connectivity index (χ4v) is 7.78. The highest BCUT2D eigenvalue weighted by Gasteiger charge is 2.25. The zero-order chi connectivity index (χ0) is 21.7. The second-order valence-corrected chi connectivity index (χ2v) is 11.4. The number of fused-ring (bicyclic) bond motifs is 4. The van der Waals surface area contributed by atoms with Crippen LogP contribution in [-0.4, -0.2) is 14.5 Å². The molecule has 0 fully saturated rings. The number of rotatable bonds is 4. The van der Waals surface area contributed by atoms with Crippen molar-refractivity contribution in [1.29, 1.82) is 0 Å². The predicted octanol–water partition coefficient (Wildman–Crippen LogP) is 6.47. The summed E-state index contributed by atoms with van der Waals surface area (Å²) in [6.07, 6.45) is 3.16. The molecule has 0 radical (unpaired) electrons. The highest BCUT2D eigenvalue weighted by molar-refractivity contribution is 7.98. The monoisotopic (exact) mass is 475 g/mol. The molecule has 0 unspecified atom stereocenters. The highest BCUT2D eigenvalue weighted by Crippen LogP contribution is 2.37. The summed E-state index contributed by atoms with van der Waals surface area (Å²) in [7, 11) is 0. The maximum absolute atomic E-state index is 13.8. The molecule has 0 amide bonds. The van der Waals surface area contributed by atoms with E-state index in [1.807, 2.05) is 48.5 Å². The molecule has 1 aliphatic carbocycles. The van der Waals surface area contributed by atoms with Crippen molar-refractivity contribution in [3.05, 3.63) is 80.4 Å². The zero-order valence-electron chi connectivity index (χ0n) is 17.6. The van der Waals surface area contributed by atoms with Crippen LogP contribution in [0.15, 0.2) is 64.5 Å². The number of thiophene rings is 1. The third-order valence-electron chi connectivity index (χ3n) is 5.98. The van der Waals surface area contributed by atoms with Gasteiger partial charge in [0, 0.05) is 4.88 Å². The summed E-state index contributed by atoms with van der Waals surface area (Å²) in [6, 6.07) is 18.1.